The third kappa shape index (κ3) is 3.72. The molecule has 0 heterocycles. The van der Waals surface area contributed by atoms with Gasteiger partial charge in [-0.15, -0.1) is 0 Å². The molecule has 0 saturated carbocycles. The van der Waals surface area contributed by atoms with E-state index in [1.807, 2.05) is 0 Å². The molecule has 0 aliphatic carbocycles. The molecule has 0 aromatic heterocycles. The molecule has 1 rings (SSSR count). The van der Waals surface area contributed by atoms with E-state index in [1.165, 1.54) is 14.2 Å². The van der Waals surface area contributed by atoms with E-state index in [0.717, 1.165) is 11.0 Å². The lowest BCUT2D eigenvalue weighted by atomic mass is 10.1. The second-order valence-electron chi connectivity index (χ2n) is 4.13. The molecule has 0 saturated heterocycles. The van der Waals surface area contributed by atoms with Crippen molar-refractivity contribution >= 4 is 11.9 Å². The van der Waals surface area contributed by atoms with Crippen molar-refractivity contribution in [2.75, 3.05) is 20.7 Å². The molecule has 0 fully saturated rings. The lowest BCUT2D eigenvalue weighted by molar-refractivity contribution is -0.140. The molecular weight excluding hydrogens is 275 g/mol. The molecule has 0 radical (unpaired) electrons. The first-order chi connectivity index (χ1) is 9.38. The first kappa shape index (κ1) is 16.0. The predicted octanol–water partition coefficient (Wildman–Crippen LogP) is 2.13. The zero-order valence-electron chi connectivity index (χ0n) is 11.1. The number of rotatable bonds is 5. The van der Waals surface area contributed by atoms with E-state index in [9.17, 15) is 22.8 Å². The highest BCUT2D eigenvalue weighted by atomic mass is 19.2. The normalized spacial score (nSPS) is 10.2. The average Bonchev–Trinajstić information content (AvgIpc) is 2.43. The van der Waals surface area contributed by atoms with Crippen molar-refractivity contribution in [2.45, 2.75) is 12.8 Å². The summed E-state index contributed by atoms with van der Waals surface area (Å²) >= 11 is 0. The van der Waals surface area contributed by atoms with E-state index in [1.54, 1.807) is 0 Å². The van der Waals surface area contributed by atoms with Crippen LogP contribution in [0.3, 0.4) is 0 Å². The van der Waals surface area contributed by atoms with Gasteiger partial charge in [-0.1, -0.05) is 0 Å². The van der Waals surface area contributed by atoms with Gasteiger partial charge in [0.15, 0.2) is 17.5 Å². The van der Waals surface area contributed by atoms with E-state index >= 15 is 0 Å². The van der Waals surface area contributed by atoms with Gasteiger partial charge in [0, 0.05) is 20.0 Å². The lowest BCUT2D eigenvalue weighted by Gasteiger charge is -2.17. The quantitative estimate of drug-likeness (QED) is 0.616. The Kier molecular flexibility index (Phi) is 5.54. The topological polar surface area (TPSA) is 46.6 Å². The van der Waals surface area contributed by atoms with Gasteiger partial charge in [0.25, 0.3) is 5.91 Å². The molecule has 1 aromatic carbocycles. The molecule has 4 nitrogen and oxygen atoms in total. The smallest absolute Gasteiger partial charge is 0.305 e. The molecule has 1 amide bonds. The number of ether oxygens (including phenoxy) is 1. The van der Waals surface area contributed by atoms with E-state index in [2.05, 4.69) is 4.74 Å². The van der Waals surface area contributed by atoms with Gasteiger partial charge in [0.1, 0.15) is 0 Å². The van der Waals surface area contributed by atoms with Gasteiger partial charge in [-0.25, -0.2) is 13.2 Å². The highest BCUT2D eigenvalue weighted by molar-refractivity contribution is 5.94. The van der Waals surface area contributed by atoms with Crippen LogP contribution < -0.4 is 0 Å². The standard InChI is InChI=1S/C13H14F3NO3/c1-17(7-3-4-10(18)20-2)13(19)8-5-6-9(14)12(16)11(8)15/h5-6H,3-4,7H2,1-2H3. The number of methoxy groups -OCH3 is 1. The fourth-order valence-corrected chi connectivity index (χ4v) is 1.56. The van der Waals surface area contributed by atoms with Crippen LogP contribution in [-0.4, -0.2) is 37.5 Å². The van der Waals surface area contributed by atoms with Crippen molar-refractivity contribution in [1.29, 1.82) is 0 Å². The van der Waals surface area contributed by atoms with Crippen LogP contribution in [0.2, 0.25) is 0 Å². The zero-order chi connectivity index (χ0) is 15.3. The summed E-state index contributed by atoms with van der Waals surface area (Å²) in [6, 6.07) is 1.57. The Morgan fingerprint density at radius 1 is 1.20 bits per heavy atom. The van der Waals surface area contributed by atoms with E-state index in [0.29, 0.717) is 12.5 Å². The number of carbonyl (C=O) groups excluding carboxylic acids is 2. The Morgan fingerprint density at radius 3 is 2.45 bits per heavy atom. The molecule has 0 spiro atoms. The lowest BCUT2D eigenvalue weighted by Crippen LogP contribution is -2.29. The van der Waals surface area contributed by atoms with Crippen LogP contribution in [0.25, 0.3) is 0 Å². The number of hydrogen-bond donors (Lipinski definition) is 0. The summed E-state index contributed by atoms with van der Waals surface area (Å²) in [5.41, 5.74) is -0.551. The summed E-state index contributed by atoms with van der Waals surface area (Å²) < 4.78 is 43.7. The molecule has 0 unspecified atom stereocenters. The van der Waals surface area contributed by atoms with Gasteiger partial charge < -0.3 is 9.64 Å². The molecule has 0 atom stereocenters. The summed E-state index contributed by atoms with van der Waals surface area (Å²) in [6.07, 6.45) is 0.425. The fraction of sp³-hybridized carbons (Fsp3) is 0.385. The highest BCUT2D eigenvalue weighted by Gasteiger charge is 2.21. The van der Waals surface area contributed by atoms with Gasteiger partial charge >= 0.3 is 5.97 Å². The number of esters is 1. The second kappa shape index (κ2) is 6.93. The molecule has 110 valence electrons. The second-order valence-corrected chi connectivity index (χ2v) is 4.13. The summed E-state index contributed by atoms with van der Waals surface area (Å²) in [7, 11) is 2.62. The number of halogens is 3. The number of hydrogen-bond acceptors (Lipinski definition) is 3. The molecule has 0 aliphatic heterocycles. The minimum absolute atomic E-state index is 0.106. The SMILES string of the molecule is COC(=O)CCCN(C)C(=O)c1ccc(F)c(F)c1F. The maximum Gasteiger partial charge on any atom is 0.305 e. The summed E-state index contributed by atoms with van der Waals surface area (Å²) in [5, 5.41) is 0. The van der Waals surface area contributed by atoms with Crippen LogP contribution in [0.1, 0.15) is 23.2 Å². The van der Waals surface area contributed by atoms with Gasteiger partial charge in [0.2, 0.25) is 0 Å². The van der Waals surface area contributed by atoms with Crippen molar-refractivity contribution in [3.8, 4) is 0 Å². The Balaban J connectivity index is 2.70. The first-order valence-corrected chi connectivity index (χ1v) is 5.84. The molecule has 20 heavy (non-hydrogen) atoms. The monoisotopic (exact) mass is 289 g/mol. The number of amides is 1. The Bertz CT molecular complexity index is 520. The zero-order valence-corrected chi connectivity index (χ0v) is 11.1. The van der Waals surface area contributed by atoms with Crippen molar-refractivity contribution in [3.05, 3.63) is 35.1 Å². The number of carbonyl (C=O) groups is 2. The summed E-state index contributed by atoms with van der Waals surface area (Å²) in [4.78, 5) is 23.9. The van der Waals surface area contributed by atoms with Crippen LogP contribution in [0.4, 0.5) is 13.2 Å². The van der Waals surface area contributed by atoms with E-state index in [-0.39, 0.29) is 13.0 Å². The Morgan fingerprint density at radius 2 is 1.85 bits per heavy atom. The predicted molar refractivity (Wildman–Crippen MR) is 64.5 cm³/mol. The van der Waals surface area contributed by atoms with Crippen molar-refractivity contribution < 1.29 is 27.5 Å². The van der Waals surface area contributed by atoms with Crippen LogP contribution in [0.15, 0.2) is 12.1 Å². The third-order valence-corrected chi connectivity index (χ3v) is 2.71. The molecule has 0 bridgehead atoms. The highest BCUT2D eigenvalue weighted by Crippen LogP contribution is 2.16. The van der Waals surface area contributed by atoms with Crippen LogP contribution >= 0.6 is 0 Å². The van der Waals surface area contributed by atoms with Crippen molar-refractivity contribution in [2.24, 2.45) is 0 Å². The average molecular weight is 289 g/mol. The fourth-order valence-electron chi connectivity index (χ4n) is 1.56. The molecule has 0 aliphatic rings. The summed E-state index contributed by atoms with van der Waals surface area (Å²) in [5.74, 6) is -5.77. The van der Waals surface area contributed by atoms with E-state index in [4.69, 9.17) is 0 Å². The van der Waals surface area contributed by atoms with Crippen molar-refractivity contribution in [3.63, 3.8) is 0 Å². The van der Waals surface area contributed by atoms with Gasteiger partial charge in [-0.05, 0) is 18.6 Å². The largest absolute Gasteiger partial charge is 0.469 e. The van der Waals surface area contributed by atoms with Crippen LogP contribution in [-0.2, 0) is 9.53 Å². The number of nitrogens with zero attached hydrogens (tertiary/aromatic N) is 1. The summed E-state index contributed by atoms with van der Waals surface area (Å²) in [6.45, 7) is 0.159. The third-order valence-electron chi connectivity index (χ3n) is 2.71. The van der Waals surface area contributed by atoms with E-state index < -0.39 is 34.9 Å². The Labute approximate surface area is 114 Å². The molecular formula is C13H14F3NO3. The molecule has 7 heteroatoms. The maximum absolute atomic E-state index is 13.4. The van der Waals surface area contributed by atoms with Gasteiger partial charge in [-0.3, -0.25) is 9.59 Å². The minimum Gasteiger partial charge on any atom is -0.469 e. The maximum atomic E-state index is 13.4. The van der Waals surface area contributed by atoms with Crippen LogP contribution in [0, 0.1) is 17.5 Å². The number of benzene rings is 1. The van der Waals surface area contributed by atoms with Crippen molar-refractivity contribution in [1.82, 2.24) is 4.90 Å². The Hall–Kier alpha value is -2.05. The molecule has 0 N–H and O–H groups in total. The molecule has 1 aromatic rings. The first-order valence-electron chi connectivity index (χ1n) is 5.84. The van der Waals surface area contributed by atoms with Crippen LogP contribution in [0.5, 0.6) is 0 Å². The minimum atomic E-state index is -1.68. The van der Waals surface area contributed by atoms with Gasteiger partial charge in [0.05, 0.1) is 12.7 Å². The van der Waals surface area contributed by atoms with Gasteiger partial charge in [-0.2, -0.15) is 0 Å².